The number of benzene rings is 2. The number of allylic oxidation sites excluding steroid dienone is 12. The summed E-state index contributed by atoms with van der Waals surface area (Å²) in [5, 5.41) is 96.5. The molecule has 3 rings (SSSR count). The van der Waals surface area contributed by atoms with E-state index >= 15 is 0 Å². The third-order valence-corrected chi connectivity index (χ3v) is 11.8. The largest absolute Gasteiger partial charge is 0.507 e. The van der Waals surface area contributed by atoms with Crippen LogP contribution in [0, 0.1) is 5.92 Å². The Kier molecular flexibility index (Phi) is 28.4. The summed E-state index contributed by atoms with van der Waals surface area (Å²) in [6, 6.07) is 9.32. The smallest absolute Gasteiger partial charge is 0.342 e. The Bertz CT molecular complexity index is 2310. The van der Waals surface area contributed by atoms with Crippen LogP contribution >= 0.6 is 0 Å². The number of fused-ring (bicyclic) bond motifs is 2. The number of aliphatic hydroxyl groups is 7. The van der Waals surface area contributed by atoms with E-state index in [9.17, 15) is 55.5 Å². The first kappa shape index (κ1) is 61.4. The summed E-state index contributed by atoms with van der Waals surface area (Å²) in [6.45, 7) is 9.46. The number of rotatable bonds is 5. The van der Waals surface area contributed by atoms with Crippen molar-refractivity contribution in [2.75, 3.05) is 0 Å². The summed E-state index contributed by atoms with van der Waals surface area (Å²) >= 11 is 0. The minimum atomic E-state index is -1.00. The second-order valence-corrected chi connectivity index (χ2v) is 19.2. The van der Waals surface area contributed by atoms with Crippen LogP contribution in [-0.4, -0.2) is 113 Å². The van der Waals surface area contributed by atoms with Gasteiger partial charge in [-0.05, 0) is 81.5 Å². The molecule has 1 heterocycles. The van der Waals surface area contributed by atoms with Crippen molar-refractivity contribution in [2.45, 2.75) is 160 Å². The fraction of sp³-hybridized carbons (Fsp3) is 0.433. The average Bonchev–Trinajstić information content (AvgIpc) is 3.30. The predicted molar refractivity (Wildman–Crippen MR) is 288 cm³/mol. The number of hydrogen-bond donors (Lipinski definition) is 9. The molecule has 13 nitrogen and oxygen atoms in total. The molecule has 73 heavy (non-hydrogen) atoms. The molecule has 0 spiro atoms. The molecule has 9 atom stereocenters. The van der Waals surface area contributed by atoms with E-state index in [1.54, 1.807) is 116 Å². The SMILES string of the molecule is CCC(O)CC1CC(O)C/C=C/[C@@H](O)C[C@@H](O)C/C(C)=C/C=C/C=C/C=C\c2cccc(O)c2C(=O)OC(CC(C)C)C[C@@H](O)C/C=C/[C@@H](O)C[C@@H](O)C/C(C)=C/C=C/C=C/C=C\c2cccc(O)c2C(=O)O1. The second-order valence-electron chi connectivity index (χ2n) is 19.2. The van der Waals surface area contributed by atoms with Gasteiger partial charge in [0.15, 0.2) is 0 Å². The van der Waals surface area contributed by atoms with Crippen molar-refractivity contribution in [2.24, 2.45) is 5.92 Å². The minimum Gasteiger partial charge on any atom is -0.507 e. The van der Waals surface area contributed by atoms with Gasteiger partial charge in [0, 0.05) is 32.1 Å². The third kappa shape index (κ3) is 25.1. The molecule has 398 valence electrons. The highest BCUT2D eigenvalue weighted by molar-refractivity contribution is 5.97. The van der Waals surface area contributed by atoms with Gasteiger partial charge in [0.25, 0.3) is 0 Å². The summed E-state index contributed by atoms with van der Waals surface area (Å²) < 4.78 is 11.7. The van der Waals surface area contributed by atoms with Crippen molar-refractivity contribution in [3.8, 4) is 11.5 Å². The number of phenolic OH excluding ortho intramolecular Hbond substituents is 2. The van der Waals surface area contributed by atoms with Gasteiger partial charge in [-0.2, -0.15) is 0 Å². The predicted octanol–water partition coefficient (Wildman–Crippen LogP) is 9.61. The monoisotopic (exact) mass is 1010 g/mol. The normalized spacial score (nSPS) is 30.1. The zero-order valence-electron chi connectivity index (χ0n) is 43.1. The molecule has 2 aromatic rings. The van der Waals surface area contributed by atoms with Crippen molar-refractivity contribution in [3.05, 3.63) is 167 Å². The number of hydrogen-bond acceptors (Lipinski definition) is 13. The average molecular weight is 1010 g/mol. The molecule has 9 N–H and O–H groups in total. The number of phenols is 2. The van der Waals surface area contributed by atoms with Crippen LogP contribution in [0.1, 0.15) is 137 Å². The van der Waals surface area contributed by atoms with Crippen molar-refractivity contribution in [1.29, 1.82) is 0 Å². The maximum absolute atomic E-state index is 13.6. The summed E-state index contributed by atoms with van der Waals surface area (Å²) in [5.41, 5.74) is 2.48. The van der Waals surface area contributed by atoms with Gasteiger partial charge in [-0.15, -0.1) is 0 Å². The second kappa shape index (κ2) is 33.8. The first-order chi connectivity index (χ1) is 34.8. The van der Waals surface area contributed by atoms with E-state index in [4.69, 9.17) is 9.47 Å². The van der Waals surface area contributed by atoms with Gasteiger partial charge in [-0.25, -0.2) is 9.59 Å². The lowest BCUT2D eigenvalue weighted by Gasteiger charge is -2.23. The summed E-state index contributed by atoms with van der Waals surface area (Å²) in [4.78, 5) is 27.1. The van der Waals surface area contributed by atoms with Crippen LogP contribution in [-0.2, 0) is 9.47 Å². The summed E-state index contributed by atoms with van der Waals surface area (Å²) in [7, 11) is 0. The van der Waals surface area contributed by atoms with Crippen LogP contribution in [0.5, 0.6) is 11.5 Å². The number of ether oxygens (including phenoxy) is 2. The Morgan fingerprint density at radius 3 is 1.36 bits per heavy atom. The molecule has 0 saturated carbocycles. The number of carbonyl (C=O) groups is 2. The Morgan fingerprint density at radius 1 is 0.548 bits per heavy atom. The number of carbonyl (C=O) groups excluding carboxylic acids is 2. The van der Waals surface area contributed by atoms with E-state index in [0.717, 1.165) is 11.1 Å². The van der Waals surface area contributed by atoms with E-state index in [1.165, 1.54) is 24.3 Å². The topological polar surface area (TPSA) is 235 Å². The van der Waals surface area contributed by atoms with Crippen molar-refractivity contribution < 1.29 is 65.0 Å². The first-order valence-corrected chi connectivity index (χ1v) is 25.3. The Hall–Kier alpha value is -5.90. The molecule has 0 bridgehead atoms. The van der Waals surface area contributed by atoms with Crippen LogP contribution in [0.25, 0.3) is 12.2 Å². The highest BCUT2D eigenvalue weighted by Crippen LogP contribution is 2.28. The lowest BCUT2D eigenvalue weighted by atomic mass is 9.98. The molecule has 0 fully saturated rings. The van der Waals surface area contributed by atoms with E-state index in [1.807, 2.05) is 39.8 Å². The van der Waals surface area contributed by atoms with Gasteiger partial charge in [-0.1, -0.05) is 166 Å². The van der Waals surface area contributed by atoms with E-state index in [2.05, 4.69) is 0 Å². The van der Waals surface area contributed by atoms with Gasteiger partial charge in [0.1, 0.15) is 34.8 Å². The van der Waals surface area contributed by atoms with Crippen LogP contribution in [0.4, 0.5) is 0 Å². The number of aromatic hydroxyl groups is 2. The standard InChI is InChI=1S/C60H80O13/c1-6-46(61)38-54-40-50(65)30-20-28-48(63)37-52(67)35-43(5)21-13-9-7-11-15-23-44-25-17-31-55(68)57(44)59(70)72-53(33-41(2)3)39-49(64)29-19-27-47(62)36-51(66)34-42(4)22-14-10-8-12-16-24-45-26-18-32-56(69)58(45)60(71)73-54/h7-28,31-32,41,46-54,61-69H,6,29-30,33-40H2,1-5H3/b11-7+,12-8+,13-9+,14-10+,23-15-,24-16-,27-19+,28-20+,42-22+,43-21+/t46?,47-,48-,49+,50?,51+,52+,53?,54?/m1/s1. The van der Waals surface area contributed by atoms with Gasteiger partial charge in [0.2, 0.25) is 0 Å². The molecular formula is C60H80O13. The highest BCUT2D eigenvalue weighted by atomic mass is 16.5. The van der Waals surface area contributed by atoms with Gasteiger partial charge in [0.05, 0.1) is 42.7 Å². The molecule has 13 heteroatoms. The number of cyclic esters (lactones) is 2. The lowest BCUT2D eigenvalue weighted by molar-refractivity contribution is -0.00293. The number of aliphatic hydroxyl groups excluding tert-OH is 7. The van der Waals surface area contributed by atoms with Crippen LogP contribution in [0.3, 0.4) is 0 Å². The lowest BCUT2D eigenvalue weighted by Crippen LogP contribution is -2.28. The van der Waals surface area contributed by atoms with Crippen molar-refractivity contribution in [3.63, 3.8) is 0 Å². The molecule has 1 aliphatic rings. The Morgan fingerprint density at radius 2 is 0.945 bits per heavy atom. The van der Waals surface area contributed by atoms with Crippen molar-refractivity contribution >= 4 is 24.1 Å². The number of esters is 2. The molecule has 0 radical (unpaired) electrons. The first-order valence-electron chi connectivity index (χ1n) is 25.3. The van der Waals surface area contributed by atoms with Crippen molar-refractivity contribution in [1.82, 2.24) is 0 Å². The molecule has 0 aliphatic carbocycles. The van der Waals surface area contributed by atoms with E-state index in [0.29, 0.717) is 36.8 Å². The summed E-state index contributed by atoms with van der Waals surface area (Å²) in [5.74, 6) is -1.95. The molecule has 0 amide bonds. The van der Waals surface area contributed by atoms with E-state index < -0.39 is 66.9 Å². The highest BCUT2D eigenvalue weighted by Gasteiger charge is 2.26. The maximum Gasteiger partial charge on any atom is 0.342 e. The maximum atomic E-state index is 13.6. The molecule has 1 aliphatic heterocycles. The van der Waals surface area contributed by atoms with Gasteiger partial charge >= 0.3 is 11.9 Å². The zero-order valence-corrected chi connectivity index (χ0v) is 43.1. The van der Waals surface area contributed by atoms with Crippen LogP contribution in [0.2, 0.25) is 0 Å². The van der Waals surface area contributed by atoms with E-state index in [-0.39, 0.29) is 73.5 Å². The zero-order chi connectivity index (χ0) is 53.7. The molecule has 4 unspecified atom stereocenters. The quantitative estimate of drug-likeness (QED) is 0.100. The fourth-order valence-electron chi connectivity index (χ4n) is 8.13. The Balaban J connectivity index is 1.83. The molecule has 0 saturated heterocycles. The Labute approximate surface area is 432 Å². The fourth-order valence-corrected chi connectivity index (χ4v) is 8.13. The molecule has 0 aromatic heterocycles. The third-order valence-electron chi connectivity index (χ3n) is 11.8. The van der Waals surface area contributed by atoms with Crippen LogP contribution < -0.4 is 0 Å². The van der Waals surface area contributed by atoms with Gasteiger partial charge in [-0.3, -0.25) is 0 Å². The van der Waals surface area contributed by atoms with Crippen LogP contribution in [0.15, 0.2) is 145 Å². The minimum absolute atomic E-state index is 0.00375. The summed E-state index contributed by atoms with van der Waals surface area (Å²) in [6.07, 6.45) is 24.9. The van der Waals surface area contributed by atoms with Gasteiger partial charge < -0.3 is 55.4 Å². The molecule has 2 aromatic carbocycles. The molecular weight excluding hydrogens is 929 g/mol.